The second-order valence-electron chi connectivity index (χ2n) is 7.64. The highest BCUT2D eigenvalue weighted by Gasteiger charge is 2.37. The molecule has 0 saturated carbocycles. The average Bonchev–Trinajstić information content (AvgIpc) is 3.36. The molecule has 0 fully saturated rings. The minimum atomic E-state index is -1.37. The Kier molecular flexibility index (Phi) is 5.32. The average molecular weight is 415 g/mol. The SMILES string of the molecule is OC(C1=C/C(=C(/c2ccccc2)c2ccccn2)C=C1)(c1ccccc1)c1ccccn1. The number of hydrogen-bond donors (Lipinski definition) is 1. The van der Waals surface area contributed by atoms with Crippen molar-refractivity contribution in [2.75, 3.05) is 0 Å². The molecule has 3 heteroatoms. The highest BCUT2D eigenvalue weighted by molar-refractivity contribution is 5.85. The molecule has 1 aliphatic carbocycles. The van der Waals surface area contributed by atoms with Crippen molar-refractivity contribution < 1.29 is 5.11 Å². The third kappa shape index (κ3) is 3.59. The number of hydrogen-bond acceptors (Lipinski definition) is 3. The zero-order chi connectivity index (χ0) is 21.8. The van der Waals surface area contributed by atoms with E-state index >= 15 is 0 Å². The van der Waals surface area contributed by atoms with Crippen molar-refractivity contribution in [3.05, 3.63) is 161 Å². The molecule has 2 aromatic heterocycles. The van der Waals surface area contributed by atoms with Crippen molar-refractivity contribution in [3.63, 3.8) is 0 Å². The third-order valence-corrected chi connectivity index (χ3v) is 5.67. The molecule has 0 radical (unpaired) electrons. The van der Waals surface area contributed by atoms with Gasteiger partial charge in [-0.25, -0.2) is 0 Å². The first kappa shape index (κ1) is 19.9. The van der Waals surface area contributed by atoms with E-state index in [2.05, 4.69) is 22.1 Å². The van der Waals surface area contributed by atoms with E-state index in [1.54, 1.807) is 12.4 Å². The summed E-state index contributed by atoms with van der Waals surface area (Å²) in [5.41, 5.74) is 4.73. The highest BCUT2D eigenvalue weighted by Crippen LogP contribution is 2.41. The number of allylic oxidation sites excluding steroid dienone is 3. The van der Waals surface area contributed by atoms with E-state index < -0.39 is 5.60 Å². The Hall–Kier alpha value is -4.08. The van der Waals surface area contributed by atoms with Crippen LogP contribution in [-0.4, -0.2) is 15.1 Å². The van der Waals surface area contributed by atoms with E-state index in [0.29, 0.717) is 5.69 Å². The fourth-order valence-corrected chi connectivity index (χ4v) is 4.12. The van der Waals surface area contributed by atoms with Crippen LogP contribution < -0.4 is 0 Å². The Morgan fingerprint density at radius 2 is 1.31 bits per heavy atom. The third-order valence-electron chi connectivity index (χ3n) is 5.67. The molecule has 4 aromatic rings. The number of benzene rings is 2. The Labute approximate surface area is 187 Å². The molecule has 0 amide bonds. The maximum atomic E-state index is 12.1. The molecule has 1 N–H and O–H groups in total. The van der Waals surface area contributed by atoms with Crippen LogP contribution in [0.1, 0.15) is 22.5 Å². The summed E-state index contributed by atoms with van der Waals surface area (Å²) in [6, 6.07) is 31.4. The van der Waals surface area contributed by atoms with Crippen LogP contribution in [0.25, 0.3) is 5.57 Å². The molecule has 1 atom stereocenters. The van der Waals surface area contributed by atoms with Crippen LogP contribution in [0, 0.1) is 0 Å². The van der Waals surface area contributed by atoms with Crippen LogP contribution >= 0.6 is 0 Å². The van der Waals surface area contributed by atoms with Gasteiger partial charge < -0.3 is 5.11 Å². The van der Waals surface area contributed by atoms with Gasteiger partial charge in [-0.2, -0.15) is 0 Å². The van der Waals surface area contributed by atoms with Gasteiger partial charge in [-0.3, -0.25) is 9.97 Å². The summed E-state index contributed by atoms with van der Waals surface area (Å²) < 4.78 is 0. The number of rotatable bonds is 5. The van der Waals surface area contributed by atoms with Gasteiger partial charge in [0, 0.05) is 18.0 Å². The molecule has 1 aliphatic rings. The summed E-state index contributed by atoms with van der Waals surface area (Å²) in [5.74, 6) is 0. The number of aliphatic hydroxyl groups is 1. The molecule has 3 nitrogen and oxygen atoms in total. The van der Waals surface area contributed by atoms with Crippen LogP contribution in [0.15, 0.2) is 139 Å². The lowest BCUT2D eigenvalue weighted by atomic mass is 9.83. The largest absolute Gasteiger partial charge is 0.374 e. The van der Waals surface area contributed by atoms with E-state index in [1.807, 2.05) is 103 Å². The van der Waals surface area contributed by atoms with Gasteiger partial charge in [0.1, 0.15) is 0 Å². The van der Waals surface area contributed by atoms with Gasteiger partial charge in [0.2, 0.25) is 0 Å². The smallest absolute Gasteiger partial charge is 0.157 e. The van der Waals surface area contributed by atoms with Crippen molar-refractivity contribution in [2.45, 2.75) is 5.60 Å². The second kappa shape index (κ2) is 8.58. The van der Waals surface area contributed by atoms with E-state index in [0.717, 1.165) is 33.5 Å². The number of nitrogens with zero attached hydrogens (tertiary/aromatic N) is 2. The summed E-state index contributed by atoms with van der Waals surface area (Å²) >= 11 is 0. The quantitative estimate of drug-likeness (QED) is 0.455. The van der Waals surface area contributed by atoms with Gasteiger partial charge in [0.15, 0.2) is 5.60 Å². The molecule has 2 aromatic carbocycles. The zero-order valence-electron chi connectivity index (χ0n) is 17.5. The van der Waals surface area contributed by atoms with Crippen molar-refractivity contribution in [1.29, 1.82) is 0 Å². The van der Waals surface area contributed by atoms with Crippen molar-refractivity contribution in [3.8, 4) is 0 Å². The van der Waals surface area contributed by atoms with Crippen LogP contribution in [0.2, 0.25) is 0 Å². The highest BCUT2D eigenvalue weighted by atomic mass is 16.3. The first-order chi connectivity index (χ1) is 15.8. The van der Waals surface area contributed by atoms with Crippen molar-refractivity contribution in [1.82, 2.24) is 9.97 Å². The monoisotopic (exact) mass is 414 g/mol. The Morgan fingerprint density at radius 3 is 1.97 bits per heavy atom. The normalized spacial score (nSPS) is 16.3. The summed E-state index contributed by atoms with van der Waals surface area (Å²) in [5, 5.41) is 12.1. The number of pyridine rings is 2. The Bertz CT molecular complexity index is 1210. The van der Waals surface area contributed by atoms with Gasteiger partial charge in [-0.15, -0.1) is 0 Å². The number of aromatic nitrogens is 2. The maximum absolute atomic E-state index is 12.1. The van der Waals surface area contributed by atoms with E-state index in [-0.39, 0.29) is 0 Å². The molecule has 0 bridgehead atoms. The predicted molar refractivity (Wildman–Crippen MR) is 128 cm³/mol. The lowest BCUT2D eigenvalue weighted by Crippen LogP contribution is -2.30. The van der Waals surface area contributed by atoms with E-state index in [1.165, 1.54) is 0 Å². The summed E-state index contributed by atoms with van der Waals surface area (Å²) in [6.07, 6.45) is 9.57. The fourth-order valence-electron chi connectivity index (χ4n) is 4.12. The fraction of sp³-hybridized carbons (Fsp3) is 0.0345. The first-order valence-electron chi connectivity index (χ1n) is 10.6. The molecule has 0 saturated heterocycles. The first-order valence-corrected chi connectivity index (χ1v) is 10.6. The Balaban J connectivity index is 1.71. The molecular formula is C29H22N2O. The molecule has 2 heterocycles. The zero-order valence-corrected chi connectivity index (χ0v) is 17.5. The minimum Gasteiger partial charge on any atom is -0.374 e. The standard InChI is InChI=1S/C29H22N2O/c32-29(24-13-5-2-6-14-24,27-16-8-10-20-31-27)25-18-17-23(21-25)28(22-11-3-1-4-12-22)26-15-7-9-19-30-26/h1-21,32H/b28-23-. The lowest BCUT2D eigenvalue weighted by Gasteiger charge is -2.29. The second-order valence-corrected chi connectivity index (χ2v) is 7.64. The van der Waals surface area contributed by atoms with Gasteiger partial charge in [-0.1, -0.05) is 84.9 Å². The van der Waals surface area contributed by atoms with Crippen molar-refractivity contribution >= 4 is 5.57 Å². The molecule has 154 valence electrons. The van der Waals surface area contributed by atoms with Gasteiger partial charge in [0.05, 0.1) is 11.4 Å². The topological polar surface area (TPSA) is 46.0 Å². The van der Waals surface area contributed by atoms with Crippen molar-refractivity contribution in [2.24, 2.45) is 0 Å². The van der Waals surface area contributed by atoms with Gasteiger partial charge >= 0.3 is 0 Å². The van der Waals surface area contributed by atoms with E-state index in [9.17, 15) is 5.11 Å². The molecule has 0 spiro atoms. The molecule has 5 rings (SSSR count). The maximum Gasteiger partial charge on any atom is 0.157 e. The molecule has 0 aliphatic heterocycles. The lowest BCUT2D eigenvalue weighted by molar-refractivity contribution is 0.120. The molecular weight excluding hydrogens is 392 g/mol. The van der Waals surface area contributed by atoms with Crippen LogP contribution in [-0.2, 0) is 5.60 Å². The molecule has 1 unspecified atom stereocenters. The minimum absolute atomic E-state index is 0.586. The summed E-state index contributed by atoms with van der Waals surface area (Å²) in [7, 11) is 0. The van der Waals surface area contributed by atoms with E-state index in [4.69, 9.17) is 0 Å². The van der Waals surface area contributed by atoms with Gasteiger partial charge in [0.25, 0.3) is 0 Å². The predicted octanol–water partition coefficient (Wildman–Crippen LogP) is 5.71. The van der Waals surface area contributed by atoms with Crippen LogP contribution in [0.4, 0.5) is 0 Å². The summed E-state index contributed by atoms with van der Waals surface area (Å²) in [6.45, 7) is 0. The Morgan fingerprint density at radius 1 is 0.656 bits per heavy atom. The van der Waals surface area contributed by atoms with Crippen LogP contribution in [0.5, 0.6) is 0 Å². The van der Waals surface area contributed by atoms with Crippen LogP contribution in [0.3, 0.4) is 0 Å². The van der Waals surface area contributed by atoms with Gasteiger partial charge in [-0.05, 0) is 52.6 Å². The summed E-state index contributed by atoms with van der Waals surface area (Å²) in [4.78, 5) is 9.11. The molecule has 32 heavy (non-hydrogen) atoms.